The Balaban J connectivity index is 1.49. The first-order chi connectivity index (χ1) is 11.1. The molecule has 1 fully saturated rings. The summed E-state index contributed by atoms with van der Waals surface area (Å²) in [6.07, 6.45) is 0.905. The summed E-state index contributed by atoms with van der Waals surface area (Å²) in [6.45, 7) is 5.08. The third kappa shape index (κ3) is 3.64. The predicted molar refractivity (Wildman–Crippen MR) is 90.8 cm³/mol. The number of hydrogen-bond donors (Lipinski definition) is 1. The van der Waals surface area contributed by atoms with Crippen molar-refractivity contribution in [3.63, 3.8) is 0 Å². The molecule has 3 rings (SSSR count). The van der Waals surface area contributed by atoms with Gasteiger partial charge in [-0.1, -0.05) is 43.3 Å². The average Bonchev–Trinajstić information content (AvgIpc) is 2.93. The average molecular weight is 313 g/mol. The van der Waals surface area contributed by atoms with E-state index < -0.39 is 5.97 Å². The molecule has 4 heteroatoms. The Labute approximate surface area is 136 Å². The van der Waals surface area contributed by atoms with Crippen molar-refractivity contribution in [3.8, 4) is 5.75 Å². The van der Waals surface area contributed by atoms with Crippen molar-refractivity contribution in [1.29, 1.82) is 0 Å². The number of carboxylic acids is 1. The van der Waals surface area contributed by atoms with Crippen molar-refractivity contribution in [3.05, 3.63) is 42.5 Å². The summed E-state index contributed by atoms with van der Waals surface area (Å²) in [4.78, 5) is 13.4. The van der Waals surface area contributed by atoms with Gasteiger partial charge >= 0.3 is 5.97 Å². The largest absolute Gasteiger partial charge is 0.493 e. The molecular formula is C19H23NO3. The van der Waals surface area contributed by atoms with Gasteiger partial charge in [0.05, 0.1) is 12.5 Å². The highest BCUT2D eigenvalue weighted by molar-refractivity contribution is 5.88. The normalized spacial score (nSPS) is 21.6. The lowest BCUT2D eigenvalue weighted by Gasteiger charge is -2.15. The number of aliphatic carboxylic acids is 1. The summed E-state index contributed by atoms with van der Waals surface area (Å²) in [6, 6.07) is 14.3. The van der Waals surface area contributed by atoms with Gasteiger partial charge in [0.2, 0.25) is 0 Å². The second kappa shape index (κ2) is 7.01. The van der Waals surface area contributed by atoms with Crippen molar-refractivity contribution < 1.29 is 14.6 Å². The Morgan fingerprint density at radius 1 is 1.22 bits per heavy atom. The summed E-state index contributed by atoms with van der Waals surface area (Å²) in [7, 11) is 0. The summed E-state index contributed by atoms with van der Waals surface area (Å²) in [5.74, 6) is 0.244. The van der Waals surface area contributed by atoms with Crippen molar-refractivity contribution in [2.24, 2.45) is 11.8 Å². The molecule has 0 aliphatic carbocycles. The van der Waals surface area contributed by atoms with Gasteiger partial charge in [0, 0.05) is 25.0 Å². The molecular weight excluding hydrogens is 290 g/mol. The van der Waals surface area contributed by atoms with E-state index in [-0.39, 0.29) is 11.8 Å². The van der Waals surface area contributed by atoms with Crippen LogP contribution in [-0.2, 0) is 4.79 Å². The fourth-order valence-electron chi connectivity index (χ4n) is 3.36. The number of nitrogens with zero attached hydrogens (tertiary/aromatic N) is 1. The Bertz CT molecular complexity index is 680. The number of fused-ring (bicyclic) bond motifs is 1. The molecule has 23 heavy (non-hydrogen) atoms. The monoisotopic (exact) mass is 313 g/mol. The van der Waals surface area contributed by atoms with Crippen LogP contribution in [0.3, 0.4) is 0 Å². The maximum Gasteiger partial charge on any atom is 0.308 e. The topological polar surface area (TPSA) is 49.8 Å². The van der Waals surface area contributed by atoms with Crippen LogP contribution >= 0.6 is 0 Å². The van der Waals surface area contributed by atoms with Gasteiger partial charge in [-0.2, -0.15) is 0 Å². The van der Waals surface area contributed by atoms with Gasteiger partial charge in [-0.25, -0.2) is 0 Å². The highest BCUT2D eigenvalue weighted by Crippen LogP contribution is 2.26. The van der Waals surface area contributed by atoms with Gasteiger partial charge in [0.1, 0.15) is 5.75 Å². The quantitative estimate of drug-likeness (QED) is 0.832. The lowest BCUT2D eigenvalue weighted by Crippen LogP contribution is -2.25. The molecule has 4 nitrogen and oxygen atoms in total. The standard InChI is InChI=1S/C19H23NO3/c1-14-12-20(13-17(14)19(21)22)10-5-11-23-18-9-4-7-15-6-2-3-8-16(15)18/h2-4,6-9,14,17H,5,10-13H2,1H3,(H,21,22)/t14-,17-/m1/s1. The van der Waals surface area contributed by atoms with Crippen LogP contribution in [0.4, 0.5) is 0 Å². The molecule has 0 aromatic heterocycles. The maximum absolute atomic E-state index is 11.1. The van der Waals surface area contributed by atoms with Crippen LogP contribution in [0.2, 0.25) is 0 Å². The zero-order chi connectivity index (χ0) is 16.2. The van der Waals surface area contributed by atoms with Crippen LogP contribution in [0.1, 0.15) is 13.3 Å². The highest BCUT2D eigenvalue weighted by Gasteiger charge is 2.34. The molecule has 1 heterocycles. The predicted octanol–water partition coefficient (Wildman–Crippen LogP) is 3.26. The van der Waals surface area contributed by atoms with E-state index in [1.165, 1.54) is 5.39 Å². The number of carboxylic acid groups (broad SMARTS) is 1. The number of carbonyl (C=O) groups is 1. The first-order valence-corrected chi connectivity index (χ1v) is 8.21. The molecule has 0 bridgehead atoms. The van der Waals surface area contributed by atoms with Gasteiger partial charge in [-0.3, -0.25) is 4.79 Å². The molecule has 2 atom stereocenters. The fraction of sp³-hybridized carbons (Fsp3) is 0.421. The lowest BCUT2D eigenvalue weighted by atomic mass is 9.99. The zero-order valence-electron chi connectivity index (χ0n) is 13.4. The number of rotatable bonds is 6. The fourth-order valence-corrected chi connectivity index (χ4v) is 3.36. The molecule has 2 aromatic carbocycles. The van der Waals surface area contributed by atoms with Gasteiger partial charge < -0.3 is 14.7 Å². The minimum absolute atomic E-state index is 0.228. The molecule has 2 aromatic rings. The molecule has 122 valence electrons. The van der Waals surface area contributed by atoms with Gasteiger partial charge in [-0.05, 0) is 23.8 Å². The lowest BCUT2D eigenvalue weighted by molar-refractivity contribution is -0.142. The Morgan fingerprint density at radius 3 is 2.78 bits per heavy atom. The van der Waals surface area contributed by atoms with E-state index in [1.807, 2.05) is 31.2 Å². The smallest absolute Gasteiger partial charge is 0.308 e. The van der Waals surface area contributed by atoms with Crippen LogP contribution in [-0.4, -0.2) is 42.2 Å². The van der Waals surface area contributed by atoms with E-state index in [4.69, 9.17) is 4.74 Å². The molecule has 0 saturated carbocycles. The molecule has 1 N–H and O–H groups in total. The third-order valence-corrected chi connectivity index (χ3v) is 4.63. The third-order valence-electron chi connectivity index (χ3n) is 4.63. The zero-order valence-corrected chi connectivity index (χ0v) is 13.4. The molecule has 1 aliphatic heterocycles. The Kier molecular flexibility index (Phi) is 4.82. The van der Waals surface area contributed by atoms with Crippen LogP contribution in [0.5, 0.6) is 5.75 Å². The number of likely N-dealkylation sites (tertiary alicyclic amines) is 1. The second-order valence-electron chi connectivity index (χ2n) is 6.36. The number of benzene rings is 2. The Morgan fingerprint density at radius 2 is 2.00 bits per heavy atom. The van der Waals surface area contributed by atoms with Crippen molar-refractivity contribution >= 4 is 16.7 Å². The maximum atomic E-state index is 11.1. The van der Waals surface area contributed by atoms with Gasteiger partial charge in [-0.15, -0.1) is 0 Å². The SMILES string of the molecule is C[C@@H]1CN(CCCOc2cccc3ccccc23)C[C@H]1C(=O)O. The second-order valence-corrected chi connectivity index (χ2v) is 6.36. The van der Waals surface area contributed by atoms with Crippen molar-refractivity contribution in [2.45, 2.75) is 13.3 Å². The summed E-state index contributed by atoms with van der Waals surface area (Å²) in [5, 5.41) is 11.5. The number of ether oxygens (including phenoxy) is 1. The van der Waals surface area contributed by atoms with Crippen LogP contribution in [0.25, 0.3) is 10.8 Å². The molecule has 0 radical (unpaired) electrons. The molecule has 1 saturated heterocycles. The van der Waals surface area contributed by atoms with Gasteiger partial charge in [0.15, 0.2) is 0 Å². The molecule has 0 spiro atoms. The van der Waals surface area contributed by atoms with E-state index >= 15 is 0 Å². The molecule has 1 aliphatic rings. The van der Waals surface area contributed by atoms with E-state index in [0.29, 0.717) is 13.2 Å². The van der Waals surface area contributed by atoms with Crippen molar-refractivity contribution in [2.75, 3.05) is 26.2 Å². The minimum Gasteiger partial charge on any atom is -0.493 e. The Hall–Kier alpha value is -2.07. The first kappa shape index (κ1) is 15.8. The number of hydrogen-bond acceptors (Lipinski definition) is 3. The minimum atomic E-state index is -0.674. The van der Waals surface area contributed by atoms with E-state index in [9.17, 15) is 9.90 Å². The van der Waals surface area contributed by atoms with Crippen LogP contribution in [0.15, 0.2) is 42.5 Å². The molecule has 0 amide bonds. The van der Waals surface area contributed by atoms with E-state index in [2.05, 4.69) is 23.1 Å². The van der Waals surface area contributed by atoms with Crippen LogP contribution in [0, 0.1) is 11.8 Å². The molecule has 0 unspecified atom stereocenters. The van der Waals surface area contributed by atoms with Crippen molar-refractivity contribution in [1.82, 2.24) is 4.90 Å². The van der Waals surface area contributed by atoms with Crippen LogP contribution < -0.4 is 4.74 Å². The first-order valence-electron chi connectivity index (χ1n) is 8.21. The summed E-state index contributed by atoms with van der Waals surface area (Å²) >= 11 is 0. The van der Waals surface area contributed by atoms with E-state index in [1.54, 1.807) is 0 Å². The summed E-state index contributed by atoms with van der Waals surface area (Å²) < 4.78 is 5.94. The van der Waals surface area contributed by atoms with Gasteiger partial charge in [0.25, 0.3) is 0 Å². The highest BCUT2D eigenvalue weighted by atomic mass is 16.5. The van der Waals surface area contributed by atoms with E-state index in [0.717, 1.165) is 30.6 Å². The summed E-state index contributed by atoms with van der Waals surface area (Å²) in [5.41, 5.74) is 0.